The SMILES string of the molecule is O=C(NCC[C@@H]1CCCCO1)c1cc(COc2ccc(-n3cncn3)cc2)on1. The number of aromatic nitrogens is 4. The highest BCUT2D eigenvalue weighted by atomic mass is 16.5. The van der Waals surface area contributed by atoms with Crippen LogP contribution >= 0.6 is 0 Å². The Balaban J connectivity index is 1.23. The first-order chi connectivity index (χ1) is 14.3. The summed E-state index contributed by atoms with van der Waals surface area (Å²) in [5.74, 6) is 0.892. The predicted molar refractivity (Wildman–Crippen MR) is 103 cm³/mol. The number of nitrogens with one attached hydrogen (secondary N) is 1. The van der Waals surface area contributed by atoms with Crippen LogP contribution in [0.2, 0.25) is 0 Å². The molecular formula is C20H23N5O4. The molecule has 1 saturated heterocycles. The van der Waals surface area contributed by atoms with Crippen LogP contribution in [0.15, 0.2) is 47.5 Å². The number of benzene rings is 1. The smallest absolute Gasteiger partial charge is 0.273 e. The van der Waals surface area contributed by atoms with Crippen LogP contribution in [-0.4, -0.2) is 45.1 Å². The summed E-state index contributed by atoms with van der Waals surface area (Å²) in [4.78, 5) is 16.1. The van der Waals surface area contributed by atoms with Crippen LogP contribution in [-0.2, 0) is 11.3 Å². The Hall–Kier alpha value is -3.20. The molecule has 0 aliphatic carbocycles. The molecule has 0 unspecified atom stereocenters. The van der Waals surface area contributed by atoms with E-state index in [1.54, 1.807) is 17.1 Å². The van der Waals surface area contributed by atoms with Gasteiger partial charge < -0.3 is 19.3 Å². The zero-order valence-corrected chi connectivity index (χ0v) is 16.0. The lowest BCUT2D eigenvalue weighted by Gasteiger charge is -2.22. The van der Waals surface area contributed by atoms with E-state index in [1.165, 1.54) is 12.7 Å². The van der Waals surface area contributed by atoms with Gasteiger partial charge in [0.05, 0.1) is 11.8 Å². The maximum atomic E-state index is 12.2. The molecule has 1 aliphatic heterocycles. The Labute approximate surface area is 168 Å². The molecule has 0 radical (unpaired) electrons. The van der Waals surface area contributed by atoms with Crippen LogP contribution in [0.3, 0.4) is 0 Å². The average molecular weight is 397 g/mol. The number of amides is 1. The molecule has 29 heavy (non-hydrogen) atoms. The Morgan fingerprint density at radius 1 is 1.28 bits per heavy atom. The molecule has 4 rings (SSSR count). The van der Waals surface area contributed by atoms with Gasteiger partial charge >= 0.3 is 0 Å². The number of hydrogen-bond donors (Lipinski definition) is 1. The molecule has 1 N–H and O–H groups in total. The number of hydrogen-bond acceptors (Lipinski definition) is 7. The zero-order valence-electron chi connectivity index (χ0n) is 16.0. The van der Waals surface area contributed by atoms with E-state index < -0.39 is 0 Å². The maximum absolute atomic E-state index is 12.2. The van der Waals surface area contributed by atoms with E-state index in [9.17, 15) is 4.79 Å². The van der Waals surface area contributed by atoms with E-state index in [4.69, 9.17) is 14.0 Å². The first-order valence-electron chi connectivity index (χ1n) is 9.71. The summed E-state index contributed by atoms with van der Waals surface area (Å²) in [6, 6.07) is 9.00. The Morgan fingerprint density at radius 2 is 2.17 bits per heavy atom. The Morgan fingerprint density at radius 3 is 2.93 bits per heavy atom. The van der Waals surface area contributed by atoms with Gasteiger partial charge in [0.15, 0.2) is 11.5 Å². The van der Waals surface area contributed by atoms with Gasteiger partial charge in [-0.2, -0.15) is 5.10 Å². The topological polar surface area (TPSA) is 104 Å². The molecule has 0 saturated carbocycles. The number of carbonyl (C=O) groups is 1. The van der Waals surface area contributed by atoms with Gasteiger partial charge in [0.1, 0.15) is 25.0 Å². The highest BCUT2D eigenvalue weighted by Gasteiger charge is 2.16. The van der Waals surface area contributed by atoms with Crippen LogP contribution in [0, 0.1) is 0 Å². The minimum absolute atomic E-state index is 0.179. The van der Waals surface area contributed by atoms with Gasteiger partial charge in [-0.05, 0) is 49.9 Å². The van der Waals surface area contributed by atoms with Crippen molar-refractivity contribution >= 4 is 5.91 Å². The van der Waals surface area contributed by atoms with E-state index in [0.717, 1.165) is 31.6 Å². The van der Waals surface area contributed by atoms with Crippen molar-refractivity contribution in [2.45, 2.75) is 38.4 Å². The van der Waals surface area contributed by atoms with E-state index in [0.29, 0.717) is 18.1 Å². The molecule has 0 spiro atoms. The summed E-state index contributed by atoms with van der Waals surface area (Å²) < 4.78 is 18.2. The van der Waals surface area contributed by atoms with Gasteiger partial charge in [-0.3, -0.25) is 4.79 Å². The van der Waals surface area contributed by atoms with Gasteiger partial charge in [0, 0.05) is 19.2 Å². The quantitative estimate of drug-likeness (QED) is 0.623. The van der Waals surface area contributed by atoms with Crippen molar-refractivity contribution in [2.24, 2.45) is 0 Å². The van der Waals surface area contributed by atoms with Crippen LogP contribution in [0.4, 0.5) is 0 Å². The third-order valence-electron chi connectivity index (χ3n) is 4.72. The lowest BCUT2D eigenvalue weighted by molar-refractivity contribution is 0.0117. The predicted octanol–water partition coefficient (Wildman–Crippen LogP) is 2.52. The van der Waals surface area contributed by atoms with Gasteiger partial charge in [-0.1, -0.05) is 5.16 Å². The fraction of sp³-hybridized carbons (Fsp3) is 0.400. The van der Waals surface area contributed by atoms with Gasteiger partial charge in [0.25, 0.3) is 5.91 Å². The van der Waals surface area contributed by atoms with Crippen LogP contribution in [0.1, 0.15) is 41.9 Å². The fourth-order valence-corrected chi connectivity index (χ4v) is 3.15. The number of ether oxygens (including phenoxy) is 2. The van der Waals surface area contributed by atoms with Crippen LogP contribution in [0.5, 0.6) is 5.75 Å². The summed E-state index contributed by atoms with van der Waals surface area (Å²) >= 11 is 0. The largest absolute Gasteiger partial charge is 0.486 e. The van der Waals surface area contributed by atoms with Crippen LogP contribution in [0.25, 0.3) is 5.69 Å². The molecule has 1 aromatic carbocycles. The summed E-state index contributed by atoms with van der Waals surface area (Å²) in [7, 11) is 0. The molecule has 1 fully saturated rings. The lowest BCUT2D eigenvalue weighted by atomic mass is 10.1. The molecule has 2 aromatic heterocycles. The second-order valence-electron chi connectivity index (χ2n) is 6.83. The highest BCUT2D eigenvalue weighted by molar-refractivity contribution is 5.92. The van der Waals surface area contributed by atoms with Crippen LogP contribution < -0.4 is 10.1 Å². The normalized spacial score (nSPS) is 16.5. The number of carbonyl (C=O) groups excluding carboxylic acids is 1. The minimum atomic E-state index is -0.256. The average Bonchev–Trinajstić information content (AvgIpc) is 3.46. The fourth-order valence-electron chi connectivity index (χ4n) is 3.15. The molecule has 3 heterocycles. The second kappa shape index (κ2) is 9.33. The van der Waals surface area contributed by atoms with E-state index in [1.807, 2.05) is 24.3 Å². The van der Waals surface area contributed by atoms with E-state index in [2.05, 4.69) is 20.6 Å². The van der Waals surface area contributed by atoms with Gasteiger partial charge in [-0.15, -0.1) is 0 Å². The van der Waals surface area contributed by atoms with Gasteiger partial charge in [0.2, 0.25) is 0 Å². The van der Waals surface area contributed by atoms with Crippen molar-refractivity contribution < 1.29 is 18.8 Å². The third kappa shape index (κ3) is 5.20. The highest BCUT2D eigenvalue weighted by Crippen LogP contribution is 2.17. The molecular weight excluding hydrogens is 374 g/mol. The molecule has 152 valence electrons. The lowest BCUT2D eigenvalue weighted by Crippen LogP contribution is -2.29. The van der Waals surface area contributed by atoms with Gasteiger partial charge in [-0.25, -0.2) is 9.67 Å². The summed E-state index contributed by atoms with van der Waals surface area (Å²) in [5.41, 5.74) is 1.13. The van der Waals surface area contributed by atoms with Crippen molar-refractivity contribution in [1.29, 1.82) is 0 Å². The molecule has 1 amide bonds. The van der Waals surface area contributed by atoms with E-state index >= 15 is 0 Å². The van der Waals surface area contributed by atoms with Crippen molar-refractivity contribution in [1.82, 2.24) is 25.2 Å². The minimum Gasteiger partial charge on any atom is -0.486 e. The Kier molecular flexibility index (Phi) is 6.16. The third-order valence-corrected chi connectivity index (χ3v) is 4.72. The molecule has 1 aliphatic rings. The molecule has 3 aromatic rings. The number of nitrogens with zero attached hydrogens (tertiary/aromatic N) is 4. The molecule has 9 heteroatoms. The standard InChI is InChI=1S/C20H23N5O4/c26-20(22-9-8-16-3-1-2-10-27-16)19-11-18(29-24-19)12-28-17-6-4-15(5-7-17)25-14-21-13-23-25/h4-7,11,13-14,16H,1-3,8-10,12H2,(H,22,26)/t16-/m0/s1. The summed E-state index contributed by atoms with van der Waals surface area (Å²) in [6.07, 6.45) is 7.52. The van der Waals surface area contributed by atoms with Crippen molar-refractivity contribution in [3.63, 3.8) is 0 Å². The van der Waals surface area contributed by atoms with Crippen molar-refractivity contribution in [3.05, 3.63) is 54.4 Å². The molecule has 0 bridgehead atoms. The Bertz CT molecular complexity index is 901. The number of rotatable bonds is 8. The molecule has 1 atom stereocenters. The summed E-state index contributed by atoms with van der Waals surface area (Å²) in [5, 5.41) is 10.8. The van der Waals surface area contributed by atoms with Crippen molar-refractivity contribution in [3.8, 4) is 11.4 Å². The first-order valence-corrected chi connectivity index (χ1v) is 9.71. The monoisotopic (exact) mass is 397 g/mol. The van der Waals surface area contributed by atoms with Crippen molar-refractivity contribution in [2.75, 3.05) is 13.2 Å². The zero-order chi connectivity index (χ0) is 19.9. The summed E-state index contributed by atoms with van der Waals surface area (Å²) in [6.45, 7) is 1.55. The molecule has 9 nitrogen and oxygen atoms in total. The second-order valence-corrected chi connectivity index (χ2v) is 6.83. The maximum Gasteiger partial charge on any atom is 0.273 e. The van der Waals surface area contributed by atoms with E-state index in [-0.39, 0.29) is 24.3 Å². The first kappa shape index (κ1) is 19.1.